The molecule has 0 bridgehead atoms. The van der Waals surface area contributed by atoms with E-state index in [-0.39, 0.29) is 0 Å². The minimum Gasteiger partial charge on any atom is -0.508 e. The van der Waals surface area contributed by atoms with Gasteiger partial charge < -0.3 is 5.11 Å². The van der Waals surface area contributed by atoms with E-state index in [9.17, 15) is 5.11 Å². The summed E-state index contributed by atoms with van der Waals surface area (Å²) in [4.78, 5) is 1.20. The van der Waals surface area contributed by atoms with Gasteiger partial charge in [-0.2, -0.15) is 0 Å². The molecule has 1 nitrogen and oxygen atoms in total. The molecule has 0 amide bonds. The van der Waals surface area contributed by atoms with E-state index in [4.69, 9.17) is 0 Å². The fourth-order valence-corrected chi connectivity index (χ4v) is 2.90. The second kappa shape index (κ2) is 4.37. The predicted octanol–water partition coefficient (Wildman–Crippen LogP) is 4.45. The highest BCUT2D eigenvalue weighted by Crippen LogP contribution is 2.32. The predicted molar refractivity (Wildman–Crippen MR) is 68.5 cm³/mol. The fraction of sp³-hybridized carbons (Fsp3) is 0.167. The third-order valence-electron chi connectivity index (χ3n) is 2.23. The van der Waals surface area contributed by atoms with Gasteiger partial charge in [-0.1, -0.05) is 22.9 Å². The van der Waals surface area contributed by atoms with E-state index in [2.05, 4.69) is 34.3 Å². The van der Waals surface area contributed by atoms with Gasteiger partial charge in [0.25, 0.3) is 0 Å². The Hall–Kier alpha value is -0.800. The summed E-state index contributed by atoms with van der Waals surface area (Å²) in [6, 6.07) is 7.67. The van der Waals surface area contributed by atoms with Crippen LogP contribution in [0.5, 0.6) is 5.75 Å². The van der Waals surface area contributed by atoms with Gasteiger partial charge in [-0.05, 0) is 47.2 Å². The summed E-state index contributed by atoms with van der Waals surface area (Å²) in [6.45, 7) is 2.14. The molecule has 2 aromatic rings. The van der Waals surface area contributed by atoms with Crippen LogP contribution in [0.25, 0.3) is 10.4 Å². The number of hydrogen-bond acceptors (Lipinski definition) is 2. The van der Waals surface area contributed by atoms with Gasteiger partial charge in [0.1, 0.15) is 5.75 Å². The van der Waals surface area contributed by atoms with Crippen molar-refractivity contribution in [3.8, 4) is 16.2 Å². The molecule has 0 spiro atoms. The van der Waals surface area contributed by atoms with E-state index in [0.717, 1.165) is 16.5 Å². The number of hydrogen-bond donors (Lipinski definition) is 1. The van der Waals surface area contributed by atoms with Crippen LogP contribution in [-0.2, 0) is 6.42 Å². The topological polar surface area (TPSA) is 20.2 Å². The molecule has 0 aliphatic carbocycles. The molecule has 0 unspecified atom stereocenters. The van der Waals surface area contributed by atoms with E-state index >= 15 is 0 Å². The zero-order chi connectivity index (χ0) is 10.8. The lowest BCUT2D eigenvalue weighted by Gasteiger charge is -2.00. The van der Waals surface area contributed by atoms with Gasteiger partial charge in [-0.3, -0.25) is 0 Å². The average Bonchev–Trinajstić information content (AvgIpc) is 2.64. The lowest BCUT2D eigenvalue weighted by Crippen LogP contribution is -1.74. The molecule has 1 aromatic carbocycles. The summed E-state index contributed by atoms with van der Waals surface area (Å²) >= 11 is 5.09. The van der Waals surface area contributed by atoms with Crippen LogP contribution in [0.4, 0.5) is 0 Å². The minimum absolute atomic E-state index is 0.297. The summed E-state index contributed by atoms with van der Waals surface area (Å²) < 4.78 is 0.906. The van der Waals surface area contributed by atoms with Crippen molar-refractivity contribution in [1.82, 2.24) is 0 Å². The number of benzene rings is 1. The summed E-state index contributed by atoms with van der Waals surface area (Å²) in [5, 5.41) is 11.7. The van der Waals surface area contributed by atoms with Crippen molar-refractivity contribution in [2.45, 2.75) is 13.3 Å². The Morgan fingerprint density at radius 2 is 2.07 bits per heavy atom. The molecule has 0 fully saturated rings. The van der Waals surface area contributed by atoms with Gasteiger partial charge in [0.05, 0.1) is 0 Å². The maximum Gasteiger partial charge on any atom is 0.117 e. The SMILES string of the molecule is CCc1csc(-c2cc(O)cc(Br)c2)c1. The first kappa shape index (κ1) is 10.7. The van der Waals surface area contributed by atoms with Gasteiger partial charge in [0, 0.05) is 9.35 Å². The van der Waals surface area contributed by atoms with Crippen LogP contribution in [0.1, 0.15) is 12.5 Å². The summed E-state index contributed by atoms with van der Waals surface area (Å²) in [7, 11) is 0. The van der Waals surface area contributed by atoms with Crippen molar-refractivity contribution < 1.29 is 5.11 Å². The minimum atomic E-state index is 0.297. The normalized spacial score (nSPS) is 10.5. The van der Waals surface area contributed by atoms with Crippen molar-refractivity contribution in [3.63, 3.8) is 0 Å². The Bertz CT molecular complexity index is 456. The van der Waals surface area contributed by atoms with Gasteiger partial charge in [0.15, 0.2) is 0 Å². The van der Waals surface area contributed by atoms with Crippen LogP contribution in [0, 0.1) is 0 Å². The molecule has 78 valence electrons. The number of aryl methyl sites for hydroxylation is 1. The average molecular weight is 283 g/mol. The Morgan fingerprint density at radius 1 is 1.27 bits per heavy atom. The number of aromatic hydroxyl groups is 1. The van der Waals surface area contributed by atoms with Gasteiger partial charge in [-0.25, -0.2) is 0 Å². The van der Waals surface area contributed by atoms with Gasteiger partial charge in [-0.15, -0.1) is 11.3 Å². The number of thiophene rings is 1. The van der Waals surface area contributed by atoms with Crippen LogP contribution < -0.4 is 0 Å². The molecule has 0 saturated carbocycles. The second-order valence-electron chi connectivity index (χ2n) is 3.37. The molecule has 0 aliphatic rings. The molecular formula is C12H11BrOS. The Balaban J connectivity index is 2.44. The van der Waals surface area contributed by atoms with E-state index < -0.39 is 0 Å². The zero-order valence-electron chi connectivity index (χ0n) is 8.33. The summed E-state index contributed by atoms with van der Waals surface area (Å²) in [5.41, 5.74) is 2.40. The quantitative estimate of drug-likeness (QED) is 0.863. The molecule has 0 saturated heterocycles. The van der Waals surface area contributed by atoms with Crippen molar-refractivity contribution >= 4 is 27.3 Å². The van der Waals surface area contributed by atoms with Crippen LogP contribution in [-0.4, -0.2) is 5.11 Å². The van der Waals surface area contributed by atoms with Crippen LogP contribution in [0.3, 0.4) is 0 Å². The molecular weight excluding hydrogens is 272 g/mol. The molecule has 0 aliphatic heterocycles. The van der Waals surface area contributed by atoms with Gasteiger partial charge >= 0.3 is 0 Å². The third kappa shape index (κ3) is 2.41. The fourth-order valence-electron chi connectivity index (χ4n) is 1.43. The molecule has 1 heterocycles. The molecule has 2 rings (SSSR count). The highest BCUT2D eigenvalue weighted by molar-refractivity contribution is 9.10. The molecule has 0 atom stereocenters. The second-order valence-corrected chi connectivity index (χ2v) is 5.20. The first-order valence-corrected chi connectivity index (χ1v) is 6.43. The Morgan fingerprint density at radius 3 is 2.67 bits per heavy atom. The van der Waals surface area contributed by atoms with Crippen molar-refractivity contribution in [3.05, 3.63) is 39.7 Å². The molecule has 1 N–H and O–H groups in total. The Kier molecular flexibility index (Phi) is 3.12. The number of phenols is 1. The third-order valence-corrected chi connectivity index (χ3v) is 3.71. The Labute approximate surface area is 102 Å². The van der Waals surface area contributed by atoms with Gasteiger partial charge in [0.2, 0.25) is 0 Å². The molecule has 1 aromatic heterocycles. The summed E-state index contributed by atoms with van der Waals surface area (Å²) in [5.74, 6) is 0.297. The van der Waals surface area contributed by atoms with Crippen molar-refractivity contribution in [2.75, 3.05) is 0 Å². The van der Waals surface area contributed by atoms with E-state index in [1.165, 1.54) is 10.4 Å². The maximum atomic E-state index is 9.49. The highest BCUT2D eigenvalue weighted by atomic mass is 79.9. The highest BCUT2D eigenvalue weighted by Gasteiger charge is 2.04. The van der Waals surface area contributed by atoms with Crippen LogP contribution in [0.15, 0.2) is 34.1 Å². The van der Waals surface area contributed by atoms with E-state index in [1.54, 1.807) is 23.5 Å². The zero-order valence-corrected chi connectivity index (χ0v) is 10.7. The van der Waals surface area contributed by atoms with Crippen LogP contribution in [0.2, 0.25) is 0 Å². The first-order valence-electron chi connectivity index (χ1n) is 4.76. The molecule has 15 heavy (non-hydrogen) atoms. The molecule has 0 radical (unpaired) electrons. The lowest BCUT2D eigenvalue weighted by molar-refractivity contribution is 0.475. The standard InChI is InChI=1S/C12H11BrOS/c1-2-8-3-12(15-7-8)9-4-10(13)6-11(14)5-9/h3-7,14H,2H2,1H3. The molecule has 3 heteroatoms. The smallest absolute Gasteiger partial charge is 0.117 e. The largest absolute Gasteiger partial charge is 0.508 e. The van der Waals surface area contributed by atoms with E-state index in [0.29, 0.717) is 5.75 Å². The maximum absolute atomic E-state index is 9.49. The van der Waals surface area contributed by atoms with E-state index in [1.807, 2.05) is 6.07 Å². The number of rotatable bonds is 2. The monoisotopic (exact) mass is 282 g/mol. The van der Waals surface area contributed by atoms with Crippen LogP contribution >= 0.6 is 27.3 Å². The first-order chi connectivity index (χ1) is 7.19. The lowest BCUT2D eigenvalue weighted by atomic mass is 10.1. The van der Waals surface area contributed by atoms with Crippen molar-refractivity contribution in [2.24, 2.45) is 0 Å². The number of phenolic OH excluding ortho intramolecular Hbond substituents is 1. The van der Waals surface area contributed by atoms with Crippen molar-refractivity contribution in [1.29, 1.82) is 0 Å². The number of halogens is 1. The summed E-state index contributed by atoms with van der Waals surface area (Å²) in [6.07, 6.45) is 1.05.